The molecule has 5 nitrogen and oxygen atoms in total. The second kappa shape index (κ2) is 6.44. The Morgan fingerprint density at radius 2 is 2.05 bits per heavy atom. The van der Waals surface area contributed by atoms with Crippen molar-refractivity contribution in [3.05, 3.63) is 59.1 Å². The van der Waals surface area contributed by atoms with E-state index in [-0.39, 0.29) is 6.03 Å². The Morgan fingerprint density at radius 1 is 1.23 bits per heavy atom. The molecule has 0 saturated carbocycles. The Hall–Kier alpha value is -2.60. The number of H-pyrrole nitrogens is 1. The van der Waals surface area contributed by atoms with Crippen molar-refractivity contribution in [3.63, 3.8) is 0 Å². The van der Waals surface area contributed by atoms with Crippen molar-refractivity contribution in [2.45, 2.75) is 13.5 Å². The summed E-state index contributed by atoms with van der Waals surface area (Å²) >= 11 is 1.59. The molecular formula is C16H16N4OS. The van der Waals surface area contributed by atoms with E-state index in [1.54, 1.807) is 11.3 Å². The van der Waals surface area contributed by atoms with E-state index in [9.17, 15) is 4.79 Å². The number of amides is 2. The molecule has 1 aromatic carbocycles. The first-order chi connectivity index (χ1) is 10.7. The lowest BCUT2D eigenvalue weighted by atomic mass is 10.2. The first-order valence-electron chi connectivity index (χ1n) is 6.91. The average Bonchev–Trinajstić information content (AvgIpc) is 3.17. The van der Waals surface area contributed by atoms with Crippen molar-refractivity contribution in [2.75, 3.05) is 5.32 Å². The van der Waals surface area contributed by atoms with Crippen molar-refractivity contribution in [2.24, 2.45) is 0 Å². The number of aromatic amines is 1. The Bertz CT molecular complexity index is 750. The van der Waals surface area contributed by atoms with E-state index >= 15 is 0 Å². The van der Waals surface area contributed by atoms with Crippen molar-refractivity contribution in [1.82, 2.24) is 15.5 Å². The van der Waals surface area contributed by atoms with Gasteiger partial charge in [0.15, 0.2) is 0 Å². The number of aryl methyl sites for hydroxylation is 1. The molecule has 0 fully saturated rings. The van der Waals surface area contributed by atoms with E-state index < -0.39 is 0 Å². The van der Waals surface area contributed by atoms with E-state index in [4.69, 9.17) is 0 Å². The third-order valence-corrected chi connectivity index (χ3v) is 4.11. The second-order valence-electron chi connectivity index (χ2n) is 4.84. The van der Waals surface area contributed by atoms with Crippen molar-refractivity contribution in [1.29, 1.82) is 0 Å². The quantitative estimate of drug-likeness (QED) is 0.686. The van der Waals surface area contributed by atoms with E-state index in [2.05, 4.69) is 20.8 Å². The van der Waals surface area contributed by atoms with Crippen LogP contribution in [0.25, 0.3) is 10.6 Å². The molecule has 112 valence electrons. The van der Waals surface area contributed by atoms with Gasteiger partial charge >= 0.3 is 6.03 Å². The van der Waals surface area contributed by atoms with Crippen molar-refractivity contribution >= 4 is 23.1 Å². The number of anilines is 1. The molecule has 0 aliphatic heterocycles. The summed E-state index contributed by atoms with van der Waals surface area (Å²) in [5.41, 5.74) is 3.37. The van der Waals surface area contributed by atoms with Crippen LogP contribution in [0, 0.1) is 6.92 Å². The van der Waals surface area contributed by atoms with E-state index in [1.165, 1.54) is 0 Å². The number of nitrogens with one attached hydrogen (secondary N) is 3. The van der Waals surface area contributed by atoms with Gasteiger partial charge in [-0.2, -0.15) is 5.10 Å². The van der Waals surface area contributed by atoms with Gasteiger partial charge in [0, 0.05) is 6.54 Å². The third-order valence-electron chi connectivity index (χ3n) is 3.24. The highest BCUT2D eigenvalue weighted by molar-refractivity contribution is 7.13. The summed E-state index contributed by atoms with van der Waals surface area (Å²) in [4.78, 5) is 13.1. The van der Waals surface area contributed by atoms with Gasteiger partial charge in [0.1, 0.15) is 5.69 Å². The number of hydrogen-bond donors (Lipinski definition) is 3. The molecule has 2 aromatic heterocycles. The molecule has 3 aromatic rings. The number of nitrogens with zero attached hydrogens (tertiary/aromatic N) is 1. The molecule has 2 amide bonds. The lowest BCUT2D eigenvalue weighted by molar-refractivity contribution is 0.251. The number of rotatable bonds is 4. The number of carbonyl (C=O) groups is 1. The maximum atomic E-state index is 12.1. The van der Waals surface area contributed by atoms with Gasteiger partial charge in [0.25, 0.3) is 0 Å². The summed E-state index contributed by atoms with van der Waals surface area (Å²) in [6.07, 6.45) is 0. The summed E-state index contributed by atoms with van der Waals surface area (Å²) in [5, 5.41) is 14.9. The zero-order valence-electron chi connectivity index (χ0n) is 12.1. The number of thiophene rings is 1. The number of carbonyl (C=O) groups excluding carboxylic acids is 1. The number of benzene rings is 1. The maximum absolute atomic E-state index is 12.1. The fraction of sp³-hybridized carbons (Fsp3) is 0.125. The fourth-order valence-electron chi connectivity index (χ4n) is 2.11. The van der Waals surface area contributed by atoms with Crippen LogP contribution in [0.3, 0.4) is 0 Å². The minimum absolute atomic E-state index is 0.244. The average molecular weight is 312 g/mol. The van der Waals surface area contributed by atoms with Crippen molar-refractivity contribution < 1.29 is 4.79 Å². The minimum atomic E-state index is -0.244. The Balaban J connectivity index is 1.68. The lowest BCUT2D eigenvalue weighted by Crippen LogP contribution is -2.28. The normalized spacial score (nSPS) is 10.4. The zero-order valence-corrected chi connectivity index (χ0v) is 12.9. The highest BCUT2D eigenvalue weighted by atomic mass is 32.1. The molecular weight excluding hydrogens is 296 g/mol. The molecule has 3 N–H and O–H groups in total. The third kappa shape index (κ3) is 3.17. The van der Waals surface area contributed by atoms with Gasteiger partial charge in [-0.15, -0.1) is 11.3 Å². The van der Waals surface area contributed by atoms with Gasteiger partial charge in [0.05, 0.1) is 16.3 Å². The number of aromatic nitrogens is 2. The van der Waals surface area contributed by atoms with Crippen LogP contribution < -0.4 is 10.6 Å². The van der Waals surface area contributed by atoms with Gasteiger partial charge in [0.2, 0.25) is 0 Å². The van der Waals surface area contributed by atoms with E-state index in [0.717, 1.165) is 21.8 Å². The van der Waals surface area contributed by atoms with Crippen LogP contribution in [0.5, 0.6) is 0 Å². The van der Waals surface area contributed by atoms with Crippen LogP contribution in [0.2, 0.25) is 0 Å². The largest absolute Gasteiger partial charge is 0.334 e. The van der Waals surface area contributed by atoms with Crippen LogP contribution in [0.4, 0.5) is 10.5 Å². The molecule has 6 heteroatoms. The highest BCUT2D eigenvalue weighted by Gasteiger charge is 2.15. The van der Waals surface area contributed by atoms with Crippen molar-refractivity contribution in [3.8, 4) is 10.6 Å². The molecule has 0 radical (unpaired) electrons. The number of urea groups is 1. The SMILES string of the molecule is Cc1[nH]nc(-c2cccs2)c1NC(=O)NCc1ccccc1. The summed E-state index contributed by atoms with van der Waals surface area (Å²) in [7, 11) is 0. The summed E-state index contributed by atoms with van der Waals surface area (Å²) in [6.45, 7) is 2.37. The van der Waals surface area contributed by atoms with Gasteiger partial charge in [-0.05, 0) is 23.9 Å². The molecule has 3 rings (SSSR count). The fourth-order valence-corrected chi connectivity index (χ4v) is 2.83. The molecule has 0 spiro atoms. The molecule has 0 atom stereocenters. The maximum Gasteiger partial charge on any atom is 0.319 e. The van der Waals surface area contributed by atoms with Gasteiger partial charge in [-0.1, -0.05) is 36.4 Å². The van der Waals surface area contributed by atoms with Crippen LogP contribution >= 0.6 is 11.3 Å². The highest BCUT2D eigenvalue weighted by Crippen LogP contribution is 2.31. The molecule has 0 unspecified atom stereocenters. The molecule has 0 bridgehead atoms. The Kier molecular flexibility index (Phi) is 4.20. The van der Waals surface area contributed by atoms with Crippen LogP contribution in [0.1, 0.15) is 11.3 Å². The first-order valence-corrected chi connectivity index (χ1v) is 7.79. The molecule has 0 aliphatic rings. The molecule has 2 heterocycles. The summed E-state index contributed by atoms with van der Waals surface area (Å²) in [6, 6.07) is 13.5. The van der Waals surface area contributed by atoms with E-state index in [0.29, 0.717) is 12.2 Å². The zero-order chi connectivity index (χ0) is 15.4. The smallest absolute Gasteiger partial charge is 0.319 e. The molecule has 0 saturated heterocycles. The lowest BCUT2D eigenvalue weighted by Gasteiger charge is -2.08. The monoisotopic (exact) mass is 312 g/mol. The first kappa shape index (κ1) is 14.3. The predicted molar refractivity (Wildman–Crippen MR) is 88.9 cm³/mol. The topological polar surface area (TPSA) is 69.8 Å². The van der Waals surface area contributed by atoms with Gasteiger partial charge in [-0.25, -0.2) is 4.79 Å². The van der Waals surface area contributed by atoms with Gasteiger partial charge in [-0.3, -0.25) is 5.10 Å². The van der Waals surface area contributed by atoms with E-state index in [1.807, 2.05) is 54.8 Å². The minimum Gasteiger partial charge on any atom is -0.334 e. The standard InChI is InChI=1S/C16H16N4OS/c1-11-14(15(20-19-11)13-8-5-9-22-13)18-16(21)17-10-12-6-3-2-4-7-12/h2-9H,10H2,1H3,(H,19,20)(H2,17,18,21). The summed E-state index contributed by atoms with van der Waals surface area (Å²) < 4.78 is 0. The Morgan fingerprint density at radius 3 is 2.77 bits per heavy atom. The number of hydrogen-bond acceptors (Lipinski definition) is 3. The molecule has 0 aliphatic carbocycles. The van der Waals surface area contributed by atoms with Crippen LogP contribution in [0.15, 0.2) is 47.8 Å². The summed E-state index contributed by atoms with van der Waals surface area (Å²) in [5.74, 6) is 0. The van der Waals surface area contributed by atoms with Crippen LogP contribution in [-0.4, -0.2) is 16.2 Å². The second-order valence-corrected chi connectivity index (χ2v) is 5.79. The Labute approximate surface area is 132 Å². The predicted octanol–water partition coefficient (Wildman–Crippen LogP) is 3.77. The van der Waals surface area contributed by atoms with Gasteiger partial charge < -0.3 is 10.6 Å². The molecule has 22 heavy (non-hydrogen) atoms. The van der Waals surface area contributed by atoms with Crippen LogP contribution in [-0.2, 0) is 6.54 Å².